The molecule has 0 saturated carbocycles. The summed E-state index contributed by atoms with van der Waals surface area (Å²) < 4.78 is 63.1. The predicted molar refractivity (Wildman–Crippen MR) is 126 cm³/mol. The molecule has 0 radical (unpaired) electrons. The third-order valence-corrected chi connectivity index (χ3v) is 5.99. The maximum absolute atomic E-state index is 14.2. The van der Waals surface area contributed by atoms with Crippen LogP contribution in [0.3, 0.4) is 0 Å². The first kappa shape index (κ1) is 26.0. The molecular formula is C23H23ClF4N6O2. The maximum atomic E-state index is 14.2. The number of aliphatic hydroxyl groups is 1. The van der Waals surface area contributed by atoms with Crippen LogP contribution in [-0.2, 0) is 0 Å². The Bertz CT molecular complexity index is 1380. The van der Waals surface area contributed by atoms with Crippen molar-refractivity contribution in [2.45, 2.75) is 24.7 Å². The van der Waals surface area contributed by atoms with Gasteiger partial charge in [0.15, 0.2) is 23.0 Å². The van der Waals surface area contributed by atoms with E-state index in [1.807, 2.05) is 0 Å². The van der Waals surface area contributed by atoms with Crippen molar-refractivity contribution in [1.29, 1.82) is 0 Å². The zero-order valence-electron chi connectivity index (χ0n) is 18.8. The lowest BCUT2D eigenvalue weighted by atomic mass is 10.1. The first-order chi connectivity index (χ1) is 16.7. The summed E-state index contributed by atoms with van der Waals surface area (Å²) in [6, 6.07) is 6.66. The number of nitrogens with zero attached hydrogens (tertiary/aromatic N) is 5. The van der Waals surface area contributed by atoms with E-state index in [0.29, 0.717) is 28.7 Å². The van der Waals surface area contributed by atoms with Crippen LogP contribution in [0.2, 0.25) is 0 Å². The Morgan fingerprint density at radius 2 is 1.97 bits per heavy atom. The van der Waals surface area contributed by atoms with E-state index < -0.39 is 18.0 Å². The van der Waals surface area contributed by atoms with Crippen LogP contribution in [0.5, 0.6) is 5.75 Å². The van der Waals surface area contributed by atoms with Gasteiger partial charge in [0.05, 0.1) is 12.1 Å². The van der Waals surface area contributed by atoms with Crippen molar-refractivity contribution in [2.24, 2.45) is 5.73 Å². The fraction of sp³-hybridized carbons (Fsp3) is 0.348. The van der Waals surface area contributed by atoms with E-state index in [0.717, 1.165) is 0 Å². The molecular weight excluding hydrogens is 504 g/mol. The normalized spacial score (nSPS) is 17.4. The zero-order chi connectivity index (χ0) is 24.7. The van der Waals surface area contributed by atoms with Crippen LogP contribution in [0.15, 0.2) is 42.6 Å². The molecule has 1 aromatic carbocycles. The lowest BCUT2D eigenvalue weighted by Gasteiger charge is -2.30. The smallest absolute Gasteiger partial charge is 0.408 e. The van der Waals surface area contributed by atoms with Crippen molar-refractivity contribution in [3.8, 4) is 17.3 Å². The number of hydrogen-bond acceptors (Lipinski definition) is 7. The van der Waals surface area contributed by atoms with Crippen molar-refractivity contribution in [3.63, 3.8) is 0 Å². The Labute approximate surface area is 209 Å². The van der Waals surface area contributed by atoms with E-state index in [2.05, 4.69) is 15.2 Å². The number of aromatic nitrogens is 4. The van der Waals surface area contributed by atoms with Crippen molar-refractivity contribution in [2.75, 3.05) is 26.3 Å². The molecule has 3 N–H and O–H groups in total. The fourth-order valence-electron chi connectivity index (χ4n) is 4.42. The highest BCUT2D eigenvalue weighted by atomic mass is 35.5. The highest BCUT2D eigenvalue weighted by Crippen LogP contribution is 2.39. The summed E-state index contributed by atoms with van der Waals surface area (Å²) in [6.45, 7) is 0.0475. The first-order valence-electron chi connectivity index (χ1n) is 11.0. The molecule has 0 spiro atoms. The summed E-state index contributed by atoms with van der Waals surface area (Å²) in [5, 5.41) is 17.6. The Morgan fingerprint density at radius 1 is 1.17 bits per heavy atom. The van der Waals surface area contributed by atoms with Crippen LogP contribution in [0.1, 0.15) is 18.0 Å². The van der Waals surface area contributed by atoms with Gasteiger partial charge in [0.1, 0.15) is 18.3 Å². The van der Waals surface area contributed by atoms with Gasteiger partial charge in [0, 0.05) is 36.8 Å². The molecule has 8 nitrogen and oxygen atoms in total. The molecule has 0 unspecified atom stereocenters. The van der Waals surface area contributed by atoms with Crippen molar-refractivity contribution in [1.82, 2.24) is 24.5 Å². The molecule has 1 aliphatic rings. The third kappa shape index (κ3) is 4.94. The lowest BCUT2D eigenvalue weighted by Crippen LogP contribution is -2.38. The third-order valence-electron chi connectivity index (χ3n) is 5.99. The van der Waals surface area contributed by atoms with E-state index in [1.54, 1.807) is 12.1 Å². The van der Waals surface area contributed by atoms with Gasteiger partial charge in [-0.15, -0.1) is 22.6 Å². The molecule has 36 heavy (non-hydrogen) atoms. The molecule has 0 aliphatic carbocycles. The van der Waals surface area contributed by atoms with E-state index in [1.165, 1.54) is 39.8 Å². The number of rotatable bonds is 6. The van der Waals surface area contributed by atoms with E-state index in [-0.39, 0.29) is 61.9 Å². The number of fused-ring (bicyclic) bond motifs is 2. The number of alkyl halides is 3. The molecule has 0 amide bonds. The Balaban J connectivity index is 0.00000304. The number of benzene rings is 1. The van der Waals surface area contributed by atoms with Crippen LogP contribution < -0.4 is 10.5 Å². The van der Waals surface area contributed by atoms with Crippen LogP contribution >= 0.6 is 12.4 Å². The Kier molecular flexibility index (Phi) is 7.32. The second-order valence-corrected chi connectivity index (χ2v) is 8.45. The van der Waals surface area contributed by atoms with E-state index in [4.69, 9.17) is 15.6 Å². The molecule has 192 valence electrons. The molecule has 2 atom stereocenters. The number of likely N-dealkylation sites (tertiary alicyclic amines) is 1. The fourth-order valence-corrected chi connectivity index (χ4v) is 4.42. The summed E-state index contributed by atoms with van der Waals surface area (Å²) in [5.74, 6) is -0.427. The molecule has 4 heterocycles. The van der Waals surface area contributed by atoms with Gasteiger partial charge in [0.2, 0.25) is 0 Å². The quantitative estimate of drug-likeness (QED) is 0.371. The second-order valence-electron chi connectivity index (χ2n) is 8.45. The summed E-state index contributed by atoms with van der Waals surface area (Å²) >= 11 is 0. The summed E-state index contributed by atoms with van der Waals surface area (Å²) in [4.78, 5) is 5.85. The monoisotopic (exact) mass is 526 g/mol. The van der Waals surface area contributed by atoms with E-state index in [9.17, 15) is 17.6 Å². The largest absolute Gasteiger partial charge is 0.488 e. The molecule has 13 heteroatoms. The number of ether oxygens (including phenoxy) is 1. The summed E-state index contributed by atoms with van der Waals surface area (Å²) in [7, 11) is 0. The highest BCUT2D eigenvalue weighted by Gasteiger charge is 2.46. The van der Waals surface area contributed by atoms with Gasteiger partial charge in [0.25, 0.3) is 0 Å². The van der Waals surface area contributed by atoms with Gasteiger partial charge >= 0.3 is 6.18 Å². The maximum Gasteiger partial charge on any atom is 0.408 e. The van der Waals surface area contributed by atoms with Crippen LogP contribution in [-0.4, -0.2) is 68.1 Å². The van der Waals surface area contributed by atoms with Crippen molar-refractivity contribution < 1.29 is 27.4 Å². The van der Waals surface area contributed by atoms with Gasteiger partial charge in [-0.1, -0.05) is 12.1 Å². The number of aliphatic hydroxyl groups excluding tert-OH is 1. The van der Waals surface area contributed by atoms with Gasteiger partial charge in [-0.25, -0.2) is 9.37 Å². The number of pyridine rings is 2. The molecule has 3 aromatic heterocycles. The van der Waals surface area contributed by atoms with Crippen LogP contribution in [0.25, 0.3) is 28.1 Å². The predicted octanol–water partition coefficient (Wildman–Crippen LogP) is 3.51. The van der Waals surface area contributed by atoms with Crippen molar-refractivity contribution >= 4 is 29.0 Å². The second kappa shape index (κ2) is 10.1. The number of nitrogens with two attached hydrogens (primary N) is 1. The van der Waals surface area contributed by atoms with Gasteiger partial charge in [-0.05, 0) is 30.2 Å². The molecule has 1 aliphatic heterocycles. The minimum absolute atomic E-state index is 0. The lowest BCUT2D eigenvalue weighted by molar-refractivity contribution is -0.183. The van der Waals surface area contributed by atoms with Crippen LogP contribution in [0.4, 0.5) is 17.6 Å². The molecule has 4 aromatic rings. The first-order valence-corrected chi connectivity index (χ1v) is 11.0. The minimum Gasteiger partial charge on any atom is -0.488 e. The van der Waals surface area contributed by atoms with Gasteiger partial charge < -0.3 is 15.6 Å². The zero-order valence-corrected chi connectivity index (χ0v) is 19.6. The SMILES string of the molecule is Cl.N[C@H]1CCN([C@H](c2ccc3nnc(-c4ccc5cc(F)c(OCCO)cc5n4)n3c2)C(F)(F)F)C1. The average molecular weight is 527 g/mol. The topological polar surface area (TPSA) is 102 Å². The Morgan fingerprint density at radius 3 is 2.67 bits per heavy atom. The number of hydrogen-bond donors (Lipinski definition) is 2. The summed E-state index contributed by atoms with van der Waals surface area (Å²) in [6.07, 6.45) is -2.63. The molecule has 1 saturated heterocycles. The van der Waals surface area contributed by atoms with Gasteiger partial charge in [-0.3, -0.25) is 9.30 Å². The van der Waals surface area contributed by atoms with Crippen LogP contribution in [0, 0.1) is 5.82 Å². The average Bonchev–Trinajstić information content (AvgIpc) is 3.42. The van der Waals surface area contributed by atoms with Gasteiger partial charge in [-0.2, -0.15) is 13.2 Å². The number of halogens is 5. The molecule has 0 bridgehead atoms. The van der Waals surface area contributed by atoms with E-state index >= 15 is 0 Å². The standard InChI is InChI=1S/C23H22F4N6O2.ClH/c24-16-9-13-1-3-17(29-18(13)10-19(16)35-8-7-34)22-31-30-20-4-2-14(11-33(20)22)21(23(25,26)27)32-6-5-15(28)12-32;/h1-4,9-11,15,21,34H,5-8,12,28H2;1H/t15-,21+;/m0./s1. The molecule has 5 rings (SSSR count). The Hall–Kier alpha value is -3.06. The molecule has 1 fully saturated rings. The minimum atomic E-state index is -4.50. The van der Waals surface area contributed by atoms with Crippen molar-refractivity contribution in [3.05, 3.63) is 54.0 Å². The highest BCUT2D eigenvalue weighted by molar-refractivity contribution is 5.85. The summed E-state index contributed by atoms with van der Waals surface area (Å²) in [5.41, 5.74) is 7.00.